The number of anilines is 1. The normalized spacial score (nSPS) is 12.4. The van der Waals surface area contributed by atoms with Gasteiger partial charge in [-0.25, -0.2) is 0 Å². The molecule has 0 aliphatic heterocycles. The number of halogens is 1. The van der Waals surface area contributed by atoms with Crippen molar-refractivity contribution in [1.82, 2.24) is 14.9 Å². The number of hydrogen-bond acceptors (Lipinski definition) is 6. The van der Waals surface area contributed by atoms with E-state index in [0.29, 0.717) is 22.9 Å². The highest BCUT2D eigenvalue weighted by molar-refractivity contribution is 7.03. The fourth-order valence-electron chi connectivity index (χ4n) is 2.68. The molecule has 29 heavy (non-hydrogen) atoms. The Labute approximate surface area is 177 Å². The zero-order valence-corrected chi connectivity index (χ0v) is 17.8. The summed E-state index contributed by atoms with van der Waals surface area (Å²) in [6.07, 6.45) is 2.18. The minimum Gasteiger partial charge on any atom is -0.467 e. The summed E-state index contributed by atoms with van der Waals surface area (Å²) in [5.74, 6) is -0.494. The lowest BCUT2D eigenvalue weighted by Crippen LogP contribution is -2.50. The number of nitrogens with zero attached hydrogens (tertiary/aromatic N) is 3. The lowest BCUT2D eigenvalue weighted by Gasteiger charge is -2.33. The van der Waals surface area contributed by atoms with Crippen molar-refractivity contribution in [1.29, 1.82) is 0 Å². The summed E-state index contributed by atoms with van der Waals surface area (Å²) >= 11 is 7.08. The second-order valence-corrected chi connectivity index (χ2v) is 8.13. The first-order valence-corrected chi connectivity index (χ1v) is 10.3. The molecule has 0 saturated carbocycles. The molecule has 0 saturated heterocycles. The van der Waals surface area contributed by atoms with Gasteiger partial charge in [0.05, 0.1) is 6.26 Å². The van der Waals surface area contributed by atoms with Crippen LogP contribution in [0.1, 0.15) is 49.5 Å². The molecular formula is C20H21ClN4O3S. The van der Waals surface area contributed by atoms with Gasteiger partial charge in [0.2, 0.25) is 0 Å². The van der Waals surface area contributed by atoms with Crippen molar-refractivity contribution in [3.63, 3.8) is 0 Å². The first-order valence-electron chi connectivity index (χ1n) is 9.04. The zero-order chi connectivity index (χ0) is 21.0. The Morgan fingerprint density at radius 1 is 1.28 bits per heavy atom. The van der Waals surface area contributed by atoms with Crippen LogP contribution in [0.25, 0.3) is 0 Å². The average molecular weight is 433 g/mol. The Bertz CT molecular complexity index is 956. The highest BCUT2D eigenvalue weighted by Gasteiger charge is 2.37. The van der Waals surface area contributed by atoms with E-state index in [9.17, 15) is 9.59 Å². The van der Waals surface area contributed by atoms with Gasteiger partial charge >= 0.3 is 0 Å². The third kappa shape index (κ3) is 4.83. The quantitative estimate of drug-likeness (QED) is 0.594. The standard InChI is InChI=1S/C20H21ClN4O3S/c1-4-20(2,3)22-18(26)17(16-6-5-11-28-16)25(14-9-7-13(21)8-10-14)19(27)15-12-29-24-23-15/h5-12,17H,4H2,1-3H3,(H,22,26)/t17-/m0/s1. The van der Waals surface area contributed by atoms with Crippen LogP contribution in [-0.4, -0.2) is 26.9 Å². The Balaban J connectivity index is 2.10. The Hall–Kier alpha value is -2.71. The van der Waals surface area contributed by atoms with Crippen LogP contribution < -0.4 is 10.2 Å². The van der Waals surface area contributed by atoms with Crippen LogP contribution in [0.3, 0.4) is 0 Å². The van der Waals surface area contributed by atoms with Crippen molar-refractivity contribution >= 4 is 40.6 Å². The number of aromatic nitrogens is 2. The number of carbonyl (C=O) groups excluding carboxylic acids is 2. The van der Waals surface area contributed by atoms with Crippen LogP contribution >= 0.6 is 23.1 Å². The highest BCUT2D eigenvalue weighted by Crippen LogP contribution is 2.31. The van der Waals surface area contributed by atoms with Crippen molar-refractivity contribution in [3.8, 4) is 0 Å². The van der Waals surface area contributed by atoms with Gasteiger partial charge in [-0.15, -0.1) is 5.10 Å². The van der Waals surface area contributed by atoms with Crippen molar-refractivity contribution < 1.29 is 14.0 Å². The molecule has 9 heteroatoms. The molecule has 152 valence electrons. The second kappa shape index (κ2) is 8.75. The minimum absolute atomic E-state index is 0.143. The third-order valence-corrected chi connectivity index (χ3v) is 5.32. The molecule has 1 aromatic carbocycles. The summed E-state index contributed by atoms with van der Waals surface area (Å²) < 4.78 is 9.32. The molecule has 1 atom stereocenters. The van der Waals surface area contributed by atoms with Gasteiger partial charge in [-0.05, 0) is 68.2 Å². The summed E-state index contributed by atoms with van der Waals surface area (Å²) in [5, 5.41) is 8.94. The van der Waals surface area contributed by atoms with E-state index in [2.05, 4.69) is 14.9 Å². The van der Waals surface area contributed by atoms with E-state index in [4.69, 9.17) is 16.0 Å². The van der Waals surface area contributed by atoms with Crippen molar-refractivity contribution in [2.45, 2.75) is 38.8 Å². The molecule has 0 bridgehead atoms. The lowest BCUT2D eigenvalue weighted by molar-refractivity contribution is -0.124. The van der Waals surface area contributed by atoms with Gasteiger partial charge in [-0.2, -0.15) is 0 Å². The Morgan fingerprint density at radius 3 is 2.55 bits per heavy atom. The van der Waals surface area contributed by atoms with Crippen LogP contribution in [0, 0.1) is 0 Å². The number of amides is 2. The number of benzene rings is 1. The molecule has 1 N–H and O–H groups in total. The molecule has 0 spiro atoms. The van der Waals surface area contributed by atoms with Gasteiger partial charge in [0.1, 0.15) is 5.76 Å². The number of nitrogens with one attached hydrogen (secondary N) is 1. The molecule has 7 nitrogen and oxygen atoms in total. The van der Waals surface area contributed by atoms with E-state index in [1.165, 1.54) is 11.2 Å². The second-order valence-electron chi connectivity index (χ2n) is 7.09. The molecule has 2 aromatic heterocycles. The predicted molar refractivity (Wildman–Crippen MR) is 112 cm³/mol. The van der Waals surface area contributed by atoms with Crippen LogP contribution in [0.5, 0.6) is 0 Å². The van der Waals surface area contributed by atoms with E-state index in [0.717, 1.165) is 11.5 Å². The highest BCUT2D eigenvalue weighted by atomic mass is 35.5. The fourth-order valence-corrected chi connectivity index (χ4v) is 3.23. The predicted octanol–water partition coefficient (Wildman–Crippen LogP) is 4.48. The van der Waals surface area contributed by atoms with Crippen LogP contribution in [0.15, 0.2) is 52.5 Å². The van der Waals surface area contributed by atoms with E-state index in [1.54, 1.807) is 41.8 Å². The van der Waals surface area contributed by atoms with Gasteiger partial charge in [0.15, 0.2) is 11.7 Å². The largest absolute Gasteiger partial charge is 0.467 e. The summed E-state index contributed by atoms with van der Waals surface area (Å²) in [4.78, 5) is 28.0. The van der Waals surface area contributed by atoms with Crippen molar-refractivity contribution in [2.24, 2.45) is 0 Å². The van der Waals surface area contributed by atoms with Gasteiger partial charge in [0.25, 0.3) is 11.8 Å². The van der Waals surface area contributed by atoms with Crippen molar-refractivity contribution in [3.05, 3.63) is 64.5 Å². The Morgan fingerprint density at radius 2 is 2.00 bits per heavy atom. The number of hydrogen-bond donors (Lipinski definition) is 1. The smallest absolute Gasteiger partial charge is 0.280 e. The van der Waals surface area contributed by atoms with Gasteiger partial charge in [-0.1, -0.05) is 23.0 Å². The number of rotatable bonds is 7. The van der Waals surface area contributed by atoms with Crippen LogP contribution in [0.2, 0.25) is 5.02 Å². The molecule has 0 aliphatic rings. The van der Waals surface area contributed by atoms with E-state index >= 15 is 0 Å². The molecule has 2 amide bonds. The minimum atomic E-state index is -1.04. The Kier molecular flexibility index (Phi) is 6.34. The van der Waals surface area contributed by atoms with E-state index in [1.807, 2.05) is 20.8 Å². The topological polar surface area (TPSA) is 88.3 Å². The van der Waals surface area contributed by atoms with E-state index < -0.39 is 17.5 Å². The molecule has 3 aromatic rings. The molecule has 0 fully saturated rings. The van der Waals surface area contributed by atoms with Crippen molar-refractivity contribution in [2.75, 3.05) is 4.90 Å². The number of carbonyl (C=O) groups is 2. The zero-order valence-electron chi connectivity index (χ0n) is 16.3. The third-order valence-electron chi connectivity index (χ3n) is 4.57. The summed E-state index contributed by atoms with van der Waals surface area (Å²) in [5.41, 5.74) is 0.168. The van der Waals surface area contributed by atoms with Gasteiger partial charge in [-0.3, -0.25) is 14.5 Å². The maximum absolute atomic E-state index is 13.3. The summed E-state index contributed by atoms with van der Waals surface area (Å²) in [6, 6.07) is 8.97. The molecule has 0 radical (unpaired) electrons. The van der Waals surface area contributed by atoms with Crippen LogP contribution in [-0.2, 0) is 4.79 Å². The molecule has 0 aliphatic carbocycles. The lowest BCUT2D eigenvalue weighted by atomic mass is 10.0. The summed E-state index contributed by atoms with van der Waals surface area (Å²) in [7, 11) is 0. The van der Waals surface area contributed by atoms with Crippen LogP contribution in [0.4, 0.5) is 5.69 Å². The molecular weight excluding hydrogens is 412 g/mol. The fraction of sp³-hybridized carbons (Fsp3) is 0.300. The first-order chi connectivity index (χ1) is 13.8. The van der Waals surface area contributed by atoms with Gasteiger partial charge in [0, 0.05) is 21.6 Å². The first kappa shape index (κ1) is 21.0. The van der Waals surface area contributed by atoms with E-state index in [-0.39, 0.29) is 11.6 Å². The molecule has 0 unspecified atom stereocenters. The SMILES string of the molecule is CCC(C)(C)NC(=O)[C@H](c1ccco1)N(C(=O)c1csnn1)c1ccc(Cl)cc1. The molecule has 2 heterocycles. The maximum Gasteiger partial charge on any atom is 0.280 e. The number of furan rings is 1. The maximum atomic E-state index is 13.3. The molecule has 3 rings (SSSR count). The average Bonchev–Trinajstić information content (AvgIpc) is 3.40. The van der Waals surface area contributed by atoms with Gasteiger partial charge < -0.3 is 9.73 Å². The monoisotopic (exact) mass is 432 g/mol. The summed E-state index contributed by atoms with van der Waals surface area (Å²) in [6.45, 7) is 5.82.